The van der Waals surface area contributed by atoms with Crippen molar-refractivity contribution in [2.45, 2.75) is 25.5 Å². The third-order valence-corrected chi connectivity index (χ3v) is 3.50. The summed E-state index contributed by atoms with van der Waals surface area (Å²) in [7, 11) is 1.30. The molecule has 1 amide bonds. The third kappa shape index (κ3) is 3.17. The van der Waals surface area contributed by atoms with Gasteiger partial charge >= 0.3 is 5.97 Å². The summed E-state index contributed by atoms with van der Waals surface area (Å²) in [6.07, 6.45) is 0.359. The van der Waals surface area contributed by atoms with E-state index in [9.17, 15) is 9.59 Å². The Balaban J connectivity index is 2.12. The molecule has 5 nitrogen and oxygen atoms in total. The lowest BCUT2D eigenvalue weighted by Gasteiger charge is -2.20. The number of rotatable bonds is 4. The van der Waals surface area contributed by atoms with Crippen LogP contribution in [0.1, 0.15) is 24.9 Å². The molecule has 1 aliphatic heterocycles. The molecule has 1 heterocycles. The molecule has 2 rings (SSSR count). The number of esters is 1. The molecule has 1 saturated heterocycles. The Bertz CT molecular complexity index is 474. The van der Waals surface area contributed by atoms with Gasteiger partial charge in [0.25, 0.3) is 0 Å². The molecule has 0 spiro atoms. The summed E-state index contributed by atoms with van der Waals surface area (Å²) in [5.41, 5.74) is 0.693. The predicted octanol–water partition coefficient (Wildman–Crippen LogP) is 1.44. The number of amides is 1. The Hall–Kier alpha value is -1.88. The first-order chi connectivity index (χ1) is 9.63. The van der Waals surface area contributed by atoms with Crippen LogP contribution in [0, 0.1) is 5.92 Å². The van der Waals surface area contributed by atoms with E-state index in [0.29, 0.717) is 12.2 Å². The van der Waals surface area contributed by atoms with Crippen molar-refractivity contribution in [2.75, 3.05) is 13.7 Å². The molecule has 1 aliphatic rings. The van der Waals surface area contributed by atoms with E-state index in [2.05, 4.69) is 5.32 Å². The highest BCUT2D eigenvalue weighted by Crippen LogP contribution is 2.22. The van der Waals surface area contributed by atoms with Gasteiger partial charge in [-0.05, 0) is 17.9 Å². The second-order valence-electron chi connectivity index (χ2n) is 4.93. The van der Waals surface area contributed by atoms with E-state index >= 15 is 0 Å². The highest BCUT2D eigenvalue weighted by Gasteiger charge is 2.34. The third-order valence-electron chi connectivity index (χ3n) is 3.50. The maximum absolute atomic E-state index is 12.2. The Morgan fingerprint density at radius 3 is 2.60 bits per heavy atom. The molecule has 3 atom stereocenters. The van der Waals surface area contributed by atoms with Gasteiger partial charge in [0.2, 0.25) is 5.91 Å². The first-order valence-corrected chi connectivity index (χ1v) is 6.68. The van der Waals surface area contributed by atoms with Gasteiger partial charge in [0, 0.05) is 6.61 Å². The molecule has 1 aromatic carbocycles. The standard InChI is InChI=1S/C15H19NO4/c1-10-8-9-20-13(10)14(17)16-12(15(18)19-2)11-6-4-3-5-7-11/h3-7,10,12-13H,8-9H2,1-2H3,(H,16,17). The van der Waals surface area contributed by atoms with Crippen LogP contribution in [0.2, 0.25) is 0 Å². The fourth-order valence-electron chi connectivity index (χ4n) is 2.30. The summed E-state index contributed by atoms with van der Waals surface area (Å²) < 4.78 is 10.2. The monoisotopic (exact) mass is 277 g/mol. The van der Waals surface area contributed by atoms with Crippen molar-refractivity contribution in [3.63, 3.8) is 0 Å². The van der Waals surface area contributed by atoms with Gasteiger partial charge in [-0.2, -0.15) is 0 Å². The summed E-state index contributed by atoms with van der Waals surface area (Å²) in [4.78, 5) is 24.1. The topological polar surface area (TPSA) is 64.6 Å². The van der Waals surface area contributed by atoms with Crippen LogP contribution in [0.5, 0.6) is 0 Å². The minimum absolute atomic E-state index is 0.157. The molecule has 1 fully saturated rings. The summed E-state index contributed by atoms with van der Waals surface area (Å²) in [6, 6.07) is 8.23. The summed E-state index contributed by atoms with van der Waals surface area (Å²) >= 11 is 0. The van der Waals surface area contributed by atoms with Crippen molar-refractivity contribution in [1.29, 1.82) is 0 Å². The van der Waals surface area contributed by atoms with Crippen molar-refractivity contribution in [3.8, 4) is 0 Å². The number of carbonyl (C=O) groups excluding carboxylic acids is 2. The fraction of sp³-hybridized carbons (Fsp3) is 0.467. The van der Waals surface area contributed by atoms with Gasteiger partial charge < -0.3 is 14.8 Å². The van der Waals surface area contributed by atoms with Gasteiger partial charge in [0.15, 0.2) is 6.04 Å². The Morgan fingerprint density at radius 2 is 2.05 bits per heavy atom. The van der Waals surface area contributed by atoms with Gasteiger partial charge in [0.05, 0.1) is 7.11 Å². The second kappa shape index (κ2) is 6.52. The van der Waals surface area contributed by atoms with Crippen LogP contribution < -0.4 is 5.32 Å². The van der Waals surface area contributed by atoms with Crippen molar-refractivity contribution >= 4 is 11.9 Å². The molecular weight excluding hydrogens is 258 g/mol. The maximum atomic E-state index is 12.2. The number of hydrogen-bond acceptors (Lipinski definition) is 4. The average Bonchev–Trinajstić information content (AvgIpc) is 2.91. The molecule has 0 radical (unpaired) electrons. The lowest BCUT2D eigenvalue weighted by Crippen LogP contribution is -2.42. The van der Waals surface area contributed by atoms with Gasteiger partial charge in [0.1, 0.15) is 6.10 Å². The first kappa shape index (κ1) is 14.5. The number of ether oxygens (including phenoxy) is 2. The van der Waals surface area contributed by atoms with E-state index in [1.54, 1.807) is 12.1 Å². The summed E-state index contributed by atoms with van der Waals surface area (Å²) in [5.74, 6) is -0.603. The number of nitrogens with one attached hydrogen (secondary N) is 1. The van der Waals surface area contributed by atoms with Crippen molar-refractivity contribution in [3.05, 3.63) is 35.9 Å². The van der Waals surface area contributed by atoms with Crippen molar-refractivity contribution < 1.29 is 19.1 Å². The smallest absolute Gasteiger partial charge is 0.333 e. The quantitative estimate of drug-likeness (QED) is 0.846. The van der Waals surface area contributed by atoms with Crippen LogP contribution in [0.4, 0.5) is 0 Å². The first-order valence-electron chi connectivity index (χ1n) is 6.68. The van der Waals surface area contributed by atoms with Gasteiger partial charge in [-0.3, -0.25) is 4.79 Å². The van der Waals surface area contributed by atoms with Gasteiger partial charge in [-0.1, -0.05) is 37.3 Å². The van der Waals surface area contributed by atoms with E-state index in [4.69, 9.17) is 9.47 Å². The lowest BCUT2D eigenvalue weighted by atomic mass is 10.0. The molecular formula is C15H19NO4. The molecule has 5 heteroatoms. The largest absolute Gasteiger partial charge is 0.467 e. The average molecular weight is 277 g/mol. The molecule has 0 aliphatic carbocycles. The van der Waals surface area contributed by atoms with Crippen LogP contribution in [-0.2, 0) is 19.1 Å². The molecule has 0 saturated carbocycles. The molecule has 0 aromatic heterocycles. The van der Waals surface area contributed by atoms with Crippen LogP contribution in [-0.4, -0.2) is 31.7 Å². The summed E-state index contributed by atoms with van der Waals surface area (Å²) in [6.45, 7) is 2.54. The molecule has 1 aromatic rings. The van der Waals surface area contributed by atoms with Gasteiger partial charge in [-0.25, -0.2) is 4.79 Å². The maximum Gasteiger partial charge on any atom is 0.333 e. The van der Waals surface area contributed by atoms with E-state index in [0.717, 1.165) is 6.42 Å². The fourth-order valence-corrected chi connectivity index (χ4v) is 2.30. The zero-order valence-corrected chi connectivity index (χ0v) is 11.7. The Labute approximate surface area is 118 Å². The molecule has 20 heavy (non-hydrogen) atoms. The Morgan fingerprint density at radius 1 is 1.35 bits per heavy atom. The zero-order chi connectivity index (χ0) is 14.5. The minimum atomic E-state index is -0.801. The highest BCUT2D eigenvalue weighted by atomic mass is 16.5. The molecule has 0 bridgehead atoms. The predicted molar refractivity (Wildman–Crippen MR) is 72.9 cm³/mol. The number of benzene rings is 1. The zero-order valence-electron chi connectivity index (χ0n) is 11.7. The van der Waals surface area contributed by atoms with Crippen LogP contribution in [0.3, 0.4) is 0 Å². The molecule has 108 valence electrons. The second-order valence-corrected chi connectivity index (χ2v) is 4.93. The van der Waals surface area contributed by atoms with Crippen molar-refractivity contribution in [2.24, 2.45) is 5.92 Å². The van der Waals surface area contributed by atoms with Crippen LogP contribution in [0.25, 0.3) is 0 Å². The van der Waals surface area contributed by atoms with Gasteiger partial charge in [-0.15, -0.1) is 0 Å². The lowest BCUT2D eigenvalue weighted by molar-refractivity contribution is -0.147. The molecule has 1 N–H and O–H groups in total. The number of methoxy groups -OCH3 is 1. The van der Waals surface area contributed by atoms with E-state index in [-0.39, 0.29) is 11.8 Å². The minimum Gasteiger partial charge on any atom is -0.467 e. The number of hydrogen-bond donors (Lipinski definition) is 1. The normalized spacial score (nSPS) is 23.1. The highest BCUT2D eigenvalue weighted by molar-refractivity contribution is 5.88. The van der Waals surface area contributed by atoms with Crippen molar-refractivity contribution in [1.82, 2.24) is 5.32 Å². The number of carbonyl (C=O) groups is 2. The van der Waals surface area contributed by atoms with Crippen LogP contribution >= 0.6 is 0 Å². The van der Waals surface area contributed by atoms with E-state index in [1.165, 1.54) is 7.11 Å². The van der Waals surface area contributed by atoms with Crippen LogP contribution in [0.15, 0.2) is 30.3 Å². The van der Waals surface area contributed by atoms with E-state index < -0.39 is 18.1 Å². The SMILES string of the molecule is COC(=O)C(NC(=O)C1OCCC1C)c1ccccc1. The Kier molecular flexibility index (Phi) is 4.74. The summed E-state index contributed by atoms with van der Waals surface area (Å²) in [5, 5.41) is 2.72. The molecule has 3 unspecified atom stereocenters. The van der Waals surface area contributed by atoms with E-state index in [1.807, 2.05) is 25.1 Å².